The Kier molecular flexibility index (Phi) is 3.30. The van der Waals surface area contributed by atoms with Gasteiger partial charge in [-0.05, 0) is 12.1 Å². The van der Waals surface area contributed by atoms with Crippen LogP contribution in [0.4, 0.5) is 0 Å². The minimum absolute atomic E-state index is 0.0664. The van der Waals surface area contributed by atoms with E-state index in [1.165, 1.54) is 0 Å². The zero-order chi connectivity index (χ0) is 15.0. The van der Waals surface area contributed by atoms with Crippen LogP contribution >= 0.6 is 0 Å². The van der Waals surface area contributed by atoms with Gasteiger partial charge in [-0.1, -0.05) is 20.8 Å². The molecule has 0 bridgehead atoms. The van der Waals surface area contributed by atoms with Crippen molar-refractivity contribution in [1.82, 2.24) is 24.9 Å². The number of hydrogen-bond acceptors (Lipinski definition) is 4. The second-order valence-electron chi connectivity index (χ2n) is 6.59. The molecule has 1 aliphatic rings. The first kappa shape index (κ1) is 13.8. The minimum atomic E-state index is 0.0664. The van der Waals surface area contributed by atoms with E-state index < -0.39 is 0 Å². The third kappa shape index (κ3) is 2.83. The number of rotatable bonds is 2. The van der Waals surface area contributed by atoms with E-state index in [1.807, 2.05) is 10.7 Å². The maximum absolute atomic E-state index is 8.91. The first-order chi connectivity index (χ1) is 9.95. The quantitative estimate of drug-likeness (QED) is 0.912. The highest BCUT2D eigenvalue weighted by Gasteiger charge is 2.21. The van der Waals surface area contributed by atoms with Crippen LogP contribution < -0.4 is 0 Å². The molecule has 6 heteroatoms. The van der Waals surface area contributed by atoms with E-state index in [1.54, 1.807) is 0 Å². The fourth-order valence-corrected chi connectivity index (χ4v) is 2.58. The first-order valence-corrected chi connectivity index (χ1v) is 7.19. The third-order valence-corrected chi connectivity index (χ3v) is 3.78. The van der Waals surface area contributed by atoms with E-state index in [0.717, 1.165) is 43.3 Å². The van der Waals surface area contributed by atoms with Gasteiger partial charge in [-0.3, -0.25) is 14.7 Å². The van der Waals surface area contributed by atoms with Crippen LogP contribution in [0.2, 0.25) is 0 Å². The smallest absolute Gasteiger partial charge is 0.162 e. The summed E-state index contributed by atoms with van der Waals surface area (Å²) in [4.78, 5) is 2.35. The molecule has 21 heavy (non-hydrogen) atoms. The van der Waals surface area contributed by atoms with Crippen LogP contribution in [-0.2, 0) is 25.0 Å². The molecule has 0 radical (unpaired) electrons. The van der Waals surface area contributed by atoms with Crippen molar-refractivity contribution in [2.45, 2.75) is 45.8 Å². The van der Waals surface area contributed by atoms with Gasteiger partial charge >= 0.3 is 0 Å². The Balaban J connectivity index is 1.70. The SMILES string of the molecule is CC(C)(C)c1cc(CN2CCn3nc(C#N)cc3C2)[nH]n1. The summed E-state index contributed by atoms with van der Waals surface area (Å²) in [6.07, 6.45) is 0. The molecule has 3 heterocycles. The number of nitrogens with one attached hydrogen (secondary N) is 1. The number of aromatic amines is 1. The molecular weight excluding hydrogens is 264 g/mol. The van der Waals surface area contributed by atoms with Gasteiger partial charge < -0.3 is 0 Å². The van der Waals surface area contributed by atoms with Crippen LogP contribution in [0.3, 0.4) is 0 Å². The van der Waals surface area contributed by atoms with Gasteiger partial charge in [0.05, 0.1) is 17.9 Å². The zero-order valence-electron chi connectivity index (χ0n) is 12.7. The van der Waals surface area contributed by atoms with Crippen molar-refractivity contribution in [3.8, 4) is 6.07 Å². The van der Waals surface area contributed by atoms with Crippen LogP contribution in [-0.4, -0.2) is 31.4 Å². The summed E-state index contributed by atoms with van der Waals surface area (Å²) in [7, 11) is 0. The predicted octanol–water partition coefficient (Wildman–Crippen LogP) is 1.79. The van der Waals surface area contributed by atoms with Gasteiger partial charge in [-0.25, -0.2) is 0 Å². The topological polar surface area (TPSA) is 73.5 Å². The van der Waals surface area contributed by atoms with Crippen molar-refractivity contribution in [3.05, 3.63) is 34.9 Å². The fraction of sp³-hybridized carbons (Fsp3) is 0.533. The predicted molar refractivity (Wildman–Crippen MR) is 78.3 cm³/mol. The molecular formula is C15H20N6. The molecule has 0 spiro atoms. The molecule has 1 aliphatic heterocycles. The molecule has 0 amide bonds. The Labute approximate surface area is 124 Å². The van der Waals surface area contributed by atoms with Crippen LogP contribution in [0, 0.1) is 11.3 Å². The lowest BCUT2D eigenvalue weighted by molar-refractivity contribution is 0.203. The largest absolute Gasteiger partial charge is 0.290 e. The first-order valence-electron chi connectivity index (χ1n) is 7.19. The number of nitriles is 1. The van der Waals surface area contributed by atoms with Gasteiger partial charge in [0.2, 0.25) is 0 Å². The van der Waals surface area contributed by atoms with Gasteiger partial charge in [0, 0.05) is 30.7 Å². The number of hydrogen-bond donors (Lipinski definition) is 1. The van der Waals surface area contributed by atoms with Crippen molar-refractivity contribution in [2.75, 3.05) is 6.54 Å². The summed E-state index contributed by atoms with van der Waals surface area (Å²) in [5.74, 6) is 0. The van der Waals surface area contributed by atoms with Crippen LogP contribution in [0.15, 0.2) is 12.1 Å². The van der Waals surface area contributed by atoms with E-state index in [-0.39, 0.29) is 5.41 Å². The molecule has 110 valence electrons. The monoisotopic (exact) mass is 284 g/mol. The van der Waals surface area contributed by atoms with Crippen molar-refractivity contribution < 1.29 is 0 Å². The second-order valence-corrected chi connectivity index (χ2v) is 6.59. The van der Waals surface area contributed by atoms with Crippen molar-refractivity contribution in [2.24, 2.45) is 0 Å². The van der Waals surface area contributed by atoms with E-state index >= 15 is 0 Å². The fourth-order valence-electron chi connectivity index (χ4n) is 2.58. The highest BCUT2D eigenvalue weighted by Crippen LogP contribution is 2.21. The Morgan fingerprint density at radius 2 is 2.14 bits per heavy atom. The molecule has 3 rings (SSSR count). The van der Waals surface area contributed by atoms with E-state index in [9.17, 15) is 0 Å². The Bertz CT molecular complexity index is 682. The van der Waals surface area contributed by atoms with E-state index in [2.05, 4.69) is 53.1 Å². The Hall–Kier alpha value is -2.13. The number of H-pyrrole nitrogens is 1. The Morgan fingerprint density at radius 3 is 2.81 bits per heavy atom. The van der Waals surface area contributed by atoms with Gasteiger partial charge in [0.15, 0.2) is 5.69 Å². The van der Waals surface area contributed by atoms with E-state index in [4.69, 9.17) is 5.26 Å². The zero-order valence-corrected chi connectivity index (χ0v) is 12.7. The number of fused-ring (bicyclic) bond motifs is 1. The molecule has 6 nitrogen and oxygen atoms in total. The Morgan fingerprint density at radius 1 is 1.33 bits per heavy atom. The lowest BCUT2D eigenvalue weighted by Crippen LogP contribution is -2.33. The molecule has 0 aromatic carbocycles. The van der Waals surface area contributed by atoms with Crippen LogP contribution in [0.5, 0.6) is 0 Å². The standard InChI is InChI=1S/C15H20N6/c1-15(2,3)14-7-12(17-18-14)9-20-4-5-21-13(10-20)6-11(8-16)19-21/h6-7H,4-5,9-10H2,1-3H3,(H,17,18). The summed E-state index contributed by atoms with van der Waals surface area (Å²) in [5.41, 5.74) is 3.90. The molecule has 0 atom stereocenters. The summed E-state index contributed by atoms with van der Waals surface area (Å²) in [6, 6.07) is 6.12. The average molecular weight is 284 g/mol. The van der Waals surface area contributed by atoms with Gasteiger partial charge in [-0.2, -0.15) is 15.5 Å². The molecule has 2 aromatic heterocycles. The summed E-state index contributed by atoms with van der Waals surface area (Å²) < 4.78 is 1.93. The van der Waals surface area contributed by atoms with Crippen LogP contribution in [0.25, 0.3) is 0 Å². The maximum Gasteiger partial charge on any atom is 0.162 e. The van der Waals surface area contributed by atoms with Crippen molar-refractivity contribution >= 4 is 0 Å². The molecule has 0 aliphatic carbocycles. The maximum atomic E-state index is 8.91. The van der Waals surface area contributed by atoms with Crippen LogP contribution in [0.1, 0.15) is 43.5 Å². The van der Waals surface area contributed by atoms with Gasteiger partial charge in [-0.15, -0.1) is 0 Å². The normalized spacial score (nSPS) is 15.7. The van der Waals surface area contributed by atoms with Gasteiger partial charge in [0.1, 0.15) is 6.07 Å². The number of aromatic nitrogens is 4. The molecule has 0 saturated carbocycles. The molecule has 1 N–H and O–H groups in total. The molecule has 0 fully saturated rings. The summed E-state index contributed by atoms with van der Waals surface area (Å²) >= 11 is 0. The summed E-state index contributed by atoms with van der Waals surface area (Å²) in [5, 5.41) is 20.7. The lowest BCUT2D eigenvalue weighted by Gasteiger charge is -2.26. The van der Waals surface area contributed by atoms with E-state index in [0.29, 0.717) is 5.69 Å². The molecule has 0 unspecified atom stereocenters. The van der Waals surface area contributed by atoms with Crippen molar-refractivity contribution in [3.63, 3.8) is 0 Å². The minimum Gasteiger partial charge on any atom is -0.290 e. The molecule has 0 saturated heterocycles. The molecule has 2 aromatic rings. The highest BCUT2D eigenvalue weighted by molar-refractivity contribution is 5.23. The third-order valence-electron chi connectivity index (χ3n) is 3.78. The van der Waals surface area contributed by atoms with Gasteiger partial charge in [0.25, 0.3) is 0 Å². The summed E-state index contributed by atoms with van der Waals surface area (Å²) in [6.45, 7) is 9.91. The second kappa shape index (κ2) is 5.01. The average Bonchev–Trinajstić information content (AvgIpc) is 3.03. The van der Waals surface area contributed by atoms with Crippen molar-refractivity contribution in [1.29, 1.82) is 5.26 Å². The lowest BCUT2D eigenvalue weighted by atomic mass is 9.92. The highest BCUT2D eigenvalue weighted by atomic mass is 15.3. The number of nitrogens with zero attached hydrogens (tertiary/aromatic N) is 5.